The van der Waals surface area contributed by atoms with E-state index in [-0.39, 0.29) is 10.6 Å². The van der Waals surface area contributed by atoms with E-state index < -0.39 is 0 Å². The molecule has 1 heterocycles. The number of anilines is 1. The van der Waals surface area contributed by atoms with Gasteiger partial charge in [0.05, 0.1) is 4.92 Å². The van der Waals surface area contributed by atoms with Crippen LogP contribution >= 0.6 is 23.5 Å². The average Bonchev–Trinajstić information content (AvgIpc) is 2.37. The summed E-state index contributed by atoms with van der Waals surface area (Å²) in [5, 5.41) is 14.7. The van der Waals surface area contributed by atoms with Crippen LogP contribution in [0.25, 0.3) is 0 Å². The number of nitrogens with one attached hydrogen (secondary N) is 1. The number of benzene rings is 1. The molecule has 1 aromatic rings. The normalized spacial score (nSPS) is 19.5. The van der Waals surface area contributed by atoms with Crippen molar-refractivity contribution in [3.63, 3.8) is 0 Å². The predicted molar refractivity (Wildman–Crippen MR) is 79.9 cm³/mol. The second-order valence-corrected chi connectivity index (χ2v) is 6.82. The van der Waals surface area contributed by atoms with E-state index in [4.69, 9.17) is 0 Å². The first kappa shape index (κ1) is 13.5. The van der Waals surface area contributed by atoms with Crippen molar-refractivity contribution >= 4 is 34.9 Å². The highest BCUT2D eigenvalue weighted by molar-refractivity contribution is 8.06. The van der Waals surface area contributed by atoms with Crippen LogP contribution in [-0.4, -0.2) is 34.0 Å². The molecule has 1 unspecified atom stereocenters. The van der Waals surface area contributed by atoms with Crippen molar-refractivity contribution in [3.8, 4) is 0 Å². The monoisotopic (exact) mass is 284 g/mol. The highest BCUT2D eigenvalue weighted by atomic mass is 32.2. The van der Waals surface area contributed by atoms with Crippen molar-refractivity contribution in [2.24, 2.45) is 0 Å². The number of rotatable bonds is 4. The van der Waals surface area contributed by atoms with Crippen LogP contribution < -0.4 is 5.32 Å². The fraction of sp³-hybridized carbons (Fsp3) is 0.500. The third kappa shape index (κ3) is 3.81. The van der Waals surface area contributed by atoms with Gasteiger partial charge in [-0.3, -0.25) is 10.1 Å². The summed E-state index contributed by atoms with van der Waals surface area (Å²) in [6, 6.07) is 5.15. The Morgan fingerprint density at radius 2 is 2.28 bits per heavy atom. The van der Waals surface area contributed by atoms with Gasteiger partial charge in [-0.25, -0.2) is 0 Å². The molecule has 98 valence electrons. The molecule has 1 fully saturated rings. The summed E-state index contributed by atoms with van der Waals surface area (Å²) in [5.41, 5.74) is 1.92. The quantitative estimate of drug-likeness (QED) is 0.680. The molecule has 1 aliphatic heterocycles. The average molecular weight is 284 g/mol. The molecule has 4 nitrogen and oxygen atoms in total. The Bertz CT molecular complexity index is 434. The number of nitrogens with zero attached hydrogens (tertiary/aromatic N) is 1. The van der Waals surface area contributed by atoms with Gasteiger partial charge in [-0.2, -0.15) is 23.5 Å². The Balaban J connectivity index is 1.97. The van der Waals surface area contributed by atoms with E-state index in [2.05, 4.69) is 5.32 Å². The predicted octanol–water partition coefficient (Wildman–Crippen LogP) is 3.16. The van der Waals surface area contributed by atoms with Gasteiger partial charge in [-0.15, -0.1) is 0 Å². The van der Waals surface area contributed by atoms with Crippen molar-refractivity contribution in [3.05, 3.63) is 33.9 Å². The molecule has 2 rings (SSSR count). The minimum Gasteiger partial charge on any atom is -0.384 e. The van der Waals surface area contributed by atoms with E-state index in [1.807, 2.05) is 36.5 Å². The molecule has 0 aromatic heterocycles. The molecule has 1 aromatic carbocycles. The van der Waals surface area contributed by atoms with Crippen molar-refractivity contribution in [1.82, 2.24) is 0 Å². The van der Waals surface area contributed by atoms with Crippen LogP contribution in [-0.2, 0) is 0 Å². The summed E-state index contributed by atoms with van der Waals surface area (Å²) in [4.78, 5) is 10.4. The minimum atomic E-state index is -0.344. The second kappa shape index (κ2) is 6.33. The fourth-order valence-corrected chi connectivity index (χ4v) is 4.47. The van der Waals surface area contributed by atoms with Crippen LogP contribution in [0.1, 0.15) is 5.56 Å². The molecular weight excluding hydrogens is 268 g/mol. The maximum atomic E-state index is 10.8. The summed E-state index contributed by atoms with van der Waals surface area (Å²) in [6.07, 6.45) is 0. The number of nitro groups is 1. The SMILES string of the molecule is Cc1cc(NCC2CSCCS2)cc([N+](=O)[O-])c1. The first-order valence-electron chi connectivity index (χ1n) is 5.84. The van der Waals surface area contributed by atoms with E-state index >= 15 is 0 Å². The van der Waals surface area contributed by atoms with Crippen LogP contribution in [0.3, 0.4) is 0 Å². The van der Waals surface area contributed by atoms with Crippen molar-refractivity contribution in [2.45, 2.75) is 12.2 Å². The highest BCUT2D eigenvalue weighted by Gasteiger charge is 2.14. The second-order valence-electron chi connectivity index (χ2n) is 4.26. The number of hydrogen-bond acceptors (Lipinski definition) is 5. The van der Waals surface area contributed by atoms with Crippen molar-refractivity contribution in [1.29, 1.82) is 0 Å². The number of thioether (sulfide) groups is 2. The zero-order valence-electron chi connectivity index (χ0n) is 10.2. The number of non-ortho nitro benzene ring substituents is 1. The lowest BCUT2D eigenvalue weighted by atomic mass is 10.2. The molecular formula is C12H16N2O2S2. The van der Waals surface area contributed by atoms with Gasteiger partial charge < -0.3 is 5.32 Å². The van der Waals surface area contributed by atoms with Gasteiger partial charge in [-0.1, -0.05) is 0 Å². The first-order chi connectivity index (χ1) is 8.65. The molecule has 1 aliphatic rings. The van der Waals surface area contributed by atoms with Gasteiger partial charge in [0.1, 0.15) is 0 Å². The smallest absolute Gasteiger partial charge is 0.271 e. The third-order valence-corrected chi connectivity index (χ3v) is 5.54. The number of hydrogen-bond donors (Lipinski definition) is 1. The molecule has 0 amide bonds. The molecule has 1 saturated heterocycles. The molecule has 0 radical (unpaired) electrons. The fourth-order valence-electron chi connectivity index (χ4n) is 1.86. The Hall–Kier alpha value is -0.880. The molecule has 0 spiro atoms. The Morgan fingerprint density at radius 1 is 1.44 bits per heavy atom. The van der Waals surface area contributed by atoms with E-state index in [1.54, 1.807) is 12.1 Å². The van der Waals surface area contributed by atoms with E-state index in [0.717, 1.165) is 23.5 Å². The van der Waals surface area contributed by atoms with Crippen molar-refractivity contribution in [2.75, 3.05) is 29.1 Å². The zero-order chi connectivity index (χ0) is 13.0. The van der Waals surface area contributed by atoms with Crippen molar-refractivity contribution < 1.29 is 4.92 Å². The lowest BCUT2D eigenvalue weighted by Gasteiger charge is -2.21. The van der Waals surface area contributed by atoms with Gasteiger partial charge in [0.25, 0.3) is 5.69 Å². The van der Waals surface area contributed by atoms with E-state index in [0.29, 0.717) is 5.25 Å². The molecule has 1 N–H and O–H groups in total. The number of nitro benzene ring substituents is 1. The van der Waals surface area contributed by atoms with E-state index in [9.17, 15) is 10.1 Å². The molecule has 0 saturated carbocycles. The van der Waals surface area contributed by atoms with Gasteiger partial charge in [0.2, 0.25) is 0 Å². The first-order valence-corrected chi connectivity index (χ1v) is 8.05. The zero-order valence-corrected chi connectivity index (χ0v) is 11.9. The Morgan fingerprint density at radius 3 is 2.94 bits per heavy atom. The molecule has 0 bridgehead atoms. The highest BCUT2D eigenvalue weighted by Crippen LogP contribution is 2.25. The Labute approximate surface area is 115 Å². The third-order valence-electron chi connectivity index (χ3n) is 2.69. The summed E-state index contributed by atoms with van der Waals surface area (Å²) in [5.74, 6) is 3.59. The summed E-state index contributed by atoms with van der Waals surface area (Å²) >= 11 is 3.96. The van der Waals surface area contributed by atoms with Gasteiger partial charge in [0.15, 0.2) is 0 Å². The van der Waals surface area contributed by atoms with Crippen LogP contribution in [0, 0.1) is 17.0 Å². The van der Waals surface area contributed by atoms with Crippen LogP contribution in [0.2, 0.25) is 0 Å². The number of aryl methyl sites for hydroxylation is 1. The van der Waals surface area contributed by atoms with Gasteiger partial charge >= 0.3 is 0 Å². The summed E-state index contributed by atoms with van der Waals surface area (Å²) in [6.45, 7) is 2.75. The molecule has 1 atom stereocenters. The van der Waals surface area contributed by atoms with Crippen LogP contribution in [0.5, 0.6) is 0 Å². The minimum absolute atomic E-state index is 0.156. The topological polar surface area (TPSA) is 55.2 Å². The van der Waals surface area contributed by atoms with Crippen LogP contribution in [0.4, 0.5) is 11.4 Å². The molecule has 0 aliphatic carbocycles. The summed E-state index contributed by atoms with van der Waals surface area (Å²) in [7, 11) is 0. The van der Waals surface area contributed by atoms with Gasteiger partial charge in [-0.05, 0) is 18.6 Å². The molecule has 6 heteroatoms. The standard InChI is InChI=1S/C12H16N2O2S2/c1-9-4-10(6-11(5-9)14(15)16)13-7-12-8-17-2-3-18-12/h4-6,12-13H,2-3,7-8H2,1H3. The Kier molecular flexibility index (Phi) is 4.77. The maximum absolute atomic E-state index is 10.8. The van der Waals surface area contributed by atoms with E-state index in [1.165, 1.54) is 11.5 Å². The largest absolute Gasteiger partial charge is 0.384 e. The maximum Gasteiger partial charge on any atom is 0.271 e. The summed E-state index contributed by atoms with van der Waals surface area (Å²) < 4.78 is 0. The van der Waals surface area contributed by atoms with Gasteiger partial charge in [0, 0.05) is 46.9 Å². The molecule has 18 heavy (non-hydrogen) atoms. The lowest BCUT2D eigenvalue weighted by Crippen LogP contribution is -2.23. The van der Waals surface area contributed by atoms with Crippen LogP contribution in [0.15, 0.2) is 18.2 Å². The lowest BCUT2D eigenvalue weighted by molar-refractivity contribution is -0.384.